The van der Waals surface area contributed by atoms with Gasteiger partial charge in [-0.3, -0.25) is 9.59 Å². The van der Waals surface area contributed by atoms with Crippen LogP contribution in [0.2, 0.25) is 0 Å². The number of nitrogens with one attached hydrogen (secondary N) is 1. The minimum atomic E-state index is -1.07. The van der Waals surface area contributed by atoms with Gasteiger partial charge in [0.2, 0.25) is 0 Å². The molecular weight excluding hydrogens is 344 g/mol. The van der Waals surface area contributed by atoms with Gasteiger partial charge < -0.3 is 15.2 Å². The lowest BCUT2D eigenvalue weighted by Crippen LogP contribution is -2.38. The topological polar surface area (TPSA) is 75.6 Å². The Hall–Kier alpha value is -2.96. The largest absolute Gasteiger partial charge is 0.481 e. The highest BCUT2D eigenvalue weighted by Gasteiger charge is 2.21. The Morgan fingerprint density at radius 3 is 2.42 bits per heavy atom. The zero-order valence-corrected chi connectivity index (χ0v) is 14.1. The van der Waals surface area contributed by atoms with Crippen molar-refractivity contribution in [1.82, 2.24) is 5.32 Å². The van der Waals surface area contributed by atoms with Crippen LogP contribution >= 0.6 is 0 Å². The first-order chi connectivity index (χ1) is 12.4. The van der Waals surface area contributed by atoms with Crippen molar-refractivity contribution in [3.63, 3.8) is 0 Å². The minimum Gasteiger partial charge on any atom is -0.481 e. The molecule has 0 aliphatic carbocycles. The molecule has 5 nitrogen and oxygen atoms in total. The predicted octanol–water partition coefficient (Wildman–Crippen LogP) is 3.45. The van der Waals surface area contributed by atoms with E-state index >= 15 is 0 Å². The summed E-state index contributed by atoms with van der Waals surface area (Å²) in [5.41, 5.74) is 0.766. The zero-order valence-electron chi connectivity index (χ0n) is 14.1. The monoisotopic (exact) mass is 363 g/mol. The van der Waals surface area contributed by atoms with Crippen LogP contribution in [0.4, 0.5) is 8.78 Å². The van der Waals surface area contributed by atoms with Crippen LogP contribution in [0, 0.1) is 11.6 Å². The van der Waals surface area contributed by atoms with Crippen molar-refractivity contribution in [2.45, 2.75) is 31.9 Å². The van der Waals surface area contributed by atoms with Gasteiger partial charge in [0.25, 0.3) is 5.91 Å². The number of carboxylic acid groups (broad SMARTS) is 1. The number of benzene rings is 2. The quantitative estimate of drug-likeness (QED) is 0.753. The molecule has 138 valence electrons. The normalized spacial score (nSPS) is 12.9. The maximum atomic E-state index is 13.2. The van der Waals surface area contributed by atoms with E-state index in [4.69, 9.17) is 9.84 Å². The molecule has 0 radical (unpaired) electrons. The number of aliphatic carboxylic acids is 1. The number of ether oxygens (including phenoxy) is 1. The van der Waals surface area contributed by atoms with Crippen molar-refractivity contribution in [2.75, 3.05) is 0 Å². The van der Waals surface area contributed by atoms with Crippen molar-refractivity contribution in [3.05, 3.63) is 65.7 Å². The van der Waals surface area contributed by atoms with Crippen LogP contribution in [0.5, 0.6) is 5.75 Å². The van der Waals surface area contributed by atoms with Crippen molar-refractivity contribution in [1.29, 1.82) is 0 Å². The van der Waals surface area contributed by atoms with Crippen LogP contribution in [0.3, 0.4) is 0 Å². The summed E-state index contributed by atoms with van der Waals surface area (Å²) in [5, 5.41) is 11.6. The maximum absolute atomic E-state index is 13.2. The van der Waals surface area contributed by atoms with Crippen LogP contribution < -0.4 is 10.1 Å². The van der Waals surface area contributed by atoms with Gasteiger partial charge in [-0.05, 0) is 31.0 Å². The number of carbonyl (C=O) groups is 2. The van der Waals surface area contributed by atoms with E-state index < -0.39 is 35.7 Å². The van der Waals surface area contributed by atoms with Gasteiger partial charge in [0.05, 0.1) is 6.04 Å². The highest BCUT2D eigenvalue weighted by molar-refractivity contribution is 5.81. The molecule has 0 aromatic heterocycles. The maximum Gasteiger partial charge on any atom is 0.303 e. The van der Waals surface area contributed by atoms with Gasteiger partial charge in [-0.1, -0.05) is 30.3 Å². The lowest BCUT2D eigenvalue weighted by molar-refractivity contribution is -0.137. The Morgan fingerprint density at radius 1 is 1.12 bits per heavy atom. The second-order valence-corrected chi connectivity index (χ2v) is 5.74. The third kappa shape index (κ3) is 5.54. The molecule has 0 heterocycles. The molecule has 2 atom stereocenters. The summed E-state index contributed by atoms with van der Waals surface area (Å²) < 4.78 is 31.5. The van der Waals surface area contributed by atoms with Gasteiger partial charge in [-0.2, -0.15) is 0 Å². The second kappa shape index (κ2) is 8.94. The first kappa shape index (κ1) is 19.4. The smallest absolute Gasteiger partial charge is 0.303 e. The van der Waals surface area contributed by atoms with E-state index in [1.807, 2.05) is 6.07 Å². The summed E-state index contributed by atoms with van der Waals surface area (Å²) in [5.74, 6) is -3.51. The number of hydrogen-bond acceptors (Lipinski definition) is 3. The van der Waals surface area contributed by atoms with Gasteiger partial charge in [0.1, 0.15) is 5.75 Å². The molecule has 2 N–H and O–H groups in total. The van der Waals surface area contributed by atoms with E-state index in [9.17, 15) is 18.4 Å². The minimum absolute atomic E-state index is 0.0216. The molecule has 0 aliphatic rings. The number of rotatable bonds is 8. The fraction of sp³-hybridized carbons (Fsp3) is 0.263. The molecule has 2 aromatic rings. The summed E-state index contributed by atoms with van der Waals surface area (Å²) in [6.07, 6.45) is -0.878. The summed E-state index contributed by atoms with van der Waals surface area (Å²) in [6, 6.07) is 11.5. The molecule has 0 fully saturated rings. The fourth-order valence-corrected chi connectivity index (χ4v) is 2.37. The van der Waals surface area contributed by atoms with Crippen LogP contribution in [0.1, 0.15) is 31.4 Å². The van der Waals surface area contributed by atoms with E-state index in [-0.39, 0.29) is 18.6 Å². The highest BCUT2D eigenvalue weighted by atomic mass is 19.2. The predicted molar refractivity (Wildman–Crippen MR) is 90.6 cm³/mol. The lowest BCUT2D eigenvalue weighted by Gasteiger charge is -2.21. The Balaban J connectivity index is 2.04. The van der Waals surface area contributed by atoms with E-state index in [1.165, 1.54) is 13.0 Å². The van der Waals surface area contributed by atoms with Gasteiger partial charge in [0.15, 0.2) is 17.7 Å². The molecule has 7 heteroatoms. The van der Waals surface area contributed by atoms with Crippen LogP contribution in [-0.4, -0.2) is 23.1 Å². The number of halogens is 2. The molecular formula is C19H19F2NO4. The SMILES string of the molecule is CC(Oc1ccc(F)c(F)c1)C(=O)NC(CCC(=O)O)c1ccccc1. The third-order valence-corrected chi connectivity index (χ3v) is 3.74. The average Bonchev–Trinajstić information content (AvgIpc) is 2.62. The molecule has 0 spiro atoms. The molecule has 1 amide bonds. The van der Waals surface area contributed by atoms with Gasteiger partial charge in [-0.25, -0.2) is 8.78 Å². The molecule has 0 saturated heterocycles. The van der Waals surface area contributed by atoms with E-state index in [0.717, 1.165) is 17.7 Å². The third-order valence-electron chi connectivity index (χ3n) is 3.74. The van der Waals surface area contributed by atoms with Crippen molar-refractivity contribution < 1.29 is 28.2 Å². The van der Waals surface area contributed by atoms with Gasteiger partial charge in [0, 0.05) is 12.5 Å². The molecule has 2 rings (SSSR count). The number of amides is 1. The molecule has 0 aliphatic heterocycles. The first-order valence-electron chi connectivity index (χ1n) is 8.05. The summed E-state index contributed by atoms with van der Waals surface area (Å²) in [6.45, 7) is 1.47. The Kier molecular flexibility index (Phi) is 6.66. The second-order valence-electron chi connectivity index (χ2n) is 5.74. The molecule has 0 saturated carbocycles. The Bertz CT molecular complexity index is 767. The van der Waals surface area contributed by atoms with E-state index in [1.54, 1.807) is 24.3 Å². The first-order valence-corrected chi connectivity index (χ1v) is 8.05. The van der Waals surface area contributed by atoms with Crippen molar-refractivity contribution in [2.24, 2.45) is 0 Å². The fourth-order valence-electron chi connectivity index (χ4n) is 2.37. The van der Waals surface area contributed by atoms with Gasteiger partial charge in [-0.15, -0.1) is 0 Å². The number of carboxylic acids is 1. The lowest BCUT2D eigenvalue weighted by atomic mass is 10.0. The Morgan fingerprint density at radius 2 is 1.81 bits per heavy atom. The molecule has 0 bridgehead atoms. The summed E-state index contributed by atoms with van der Waals surface area (Å²) in [4.78, 5) is 23.2. The van der Waals surface area contributed by atoms with E-state index in [0.29, 0.717) is 0 Å². The summed E-state index contributed by atoms with van der Waals surface area (Å²) >= 11 is 0. The van der Waals surface area contributed by atoms with Crippen LogP contribution in [0.15, 0.2) is 48.5 Å². The average molecular weight is 363 g/mol. The Labute approximate surface area is 149 Å². The van der Waals surface area contributed by atoms with E-state index in [2.05, 4.69) is 5.32 Å². The highest BCUT2D eigenvalue weighted by Crippen LogP contribution is 2.20. The zero-order chi connectivity index (χ0) is 19.1. The van der Waals surface area contributed by atoms with Crippen molar-refractivity contribution in [3.8, 4) is 5.75 Å². The molecule has 2 unspecified atom stereocenters. The van der Waals surface area contributed by atoms with Gasteiger partial charge >= 0.3 is 5.97 Å². The van der Waals surface area contributed by atoms with Crippen LogP contribution in [-0.2, 0) is 9.59 Å². The molecule has 2 aromatic carbocycles. The standard InChI is InChI=1S/C19H19F2NO4/c1-12(26-14-7-8-15(20)16(21)11-14)19(25)22-17(9-10-18(23)24)13-5-3-2-4-6-13/h2-8,11-12,17H,9-10H2,1H3,(H,22,25)(H,23,24). The molecule has 26 heavy (non-hydrogen) atoms. The number of hydrogen-bond donors (Lipinski definition) is 2. The van der Waals surface area contributed by atoms with Crippen LogP contribution in [0.25, 0.3) is 0 Å². The summed E-state index contributed by atoms with van der Waals surface area (Å²) in [7, 11) is 0. The van der Waals surface area contributed by atoms with Crippen molar-refractivity contribution >= 4 is 11.9 Å². The number of carbonyl (C=O) groups excluding carboxylic acids is 1.